The summed E-state index contributed by atoms with van der Waals surface area (Å²) in [4.78, 5) is 17.4. The van der Waals surface area contributed by atoms with Crippen LogP contribution >= 0.6 is 15.9 Å². The maximum absolute atomic E-state index is 12.6. The van der Waals surface area contributed by atoms with E-state index in [0.29, 0.717) is 5.56 Å². The molecule has 1 unspecified atom stereocenters. The van der Waals surface area contributed by atoms with Crippen molar-refractivity contribution in [2.24, 2.45) is 0 Å². The first-order valence-corrected chi connectivity index (χ1v) is 9.91. The molecule has 1 aromatic heterocycles. The van der Waals surface area contributed by atoms with Crippen molar-refractivity contribution in [2.45, 2.75) is 45.7 Å². The molecule has 0 aliphatic carbocycles. The van der Waals surface area contributed by atoms with Gasteiger partial charge >= 0.3 is 0 Å². The van der Waals surface area contributed by atoms with Crippen LogP contribution in [0.5, 0.6) is 0 Å². The SMILES string of the molecule is CCCCCn1c(C(C)NC(=O)c2ccc(Br)cc2)nc2ccccc21. The fourth-order valence-corrected chi connectivity index (χ4v) is 3.39. The average molecular weight is 414 g/mol. The number of rotatable bonds is 7. The van der Waals surface area contributed by atoms with E-state index >= 15 is 0 Å². The maximum atomic E-state index is 12.6. The Morgan fingerprint density at radius 2 is 1.88 bits per heavy atom. The molecule has 0 aliphatic heterocycles. The van der Waals surface area contributed by atoms with Gasteiger partial charge in [-0.05, 0) is 49.7 Å². The quantitative estimate of drug-likeness (QED) is 0.521. The molecule has 0 spiro atoms. The van der Waals surface area contributed by atoms with E-state index in [-0.39, 0.29) is 11.9 Å². The second kappa shape index (κ2) is 8.49. The summed E-state index contributed by atoms with van der Waals surface area (Å²) in [5, 5.41) is 3.09. The Morgan fingerprint density at radius 3 is 2.62 bits per heavy atom. The number of nitrogens with zero attached hydrogens (tertiary/aromatic N) is 2. The summed E-state index contributed by atoms with van der Waals surface area (Å²) < 4.78 is 3.21. The Morgan fingerprint density at radius 1 is 1.15 bits per heavy atom. The van der Waals surface area contributed by atoms with E-state index in [0.717, 1.165) is 34.3 Å². The number of unbranched alkanes of at least 4 members (excludes halogenated alkanes) is 2. The van der Waals surface area contributed by atoms with E-state index in [1.165, 1.54) is 12.8 Å². The number of para-hydroxylation sites is 2. The van der Waals surface area contributed by atoms with Crippen LogP contribution in [0.15, 0.2) is 53.0 Å². The number of carbonyl (C=O) groups is 1. The third-order valence-corrected chi connectivity index (χ3v) is 5.04. The van der Waals surface area contributed by atoms with Gasteiger partial charge in [0.1, 0.15) is 5.82 Å². The van der Waals surface area contributed by atoms with Gasteiger partial charge < -0.3 is 9.88 Å². The molecule has 136 valence electrons. The molecule has 0 saturated carbocycles. The molecule has 5 heteroatoms. The fourth-order valence-electron chi connectivity index (χ4n) is 3.13. The topological polar surface area (TPSA) is 46.9 Å². The Balaban J connectivity index is 1.84. The molecule has 0 radical (unpaired) electrons. The molecular weight excluding hydrogens is 390 g/mol. The molecule has 1 heterocycles. The van der Waals surface area contributed by atoms with Crippen molar-refractivity contribution >= 4 is 32.9 Å². The number of nitrogens with one attached hydrogen (secondary N) is 1. The van der Waals surface area contributed by atoms with Gasteiger partial charge in [-0.15, -0.1) is 0 Å². The number of aromatic nitrogens is 2. The van der Waals surface area contributed by atoms with E-state index in [2.05, 4.69) is 38.8 Å². The van der Waals surface area contributed by atoms with Crippen LogP contribution in [0.25, 0.3) is 11.0 Å². The van der Waals surface area contributed by atoms with Crippen molar-refractivity contribution in [1.82, 2.24) is 14.9 Å². The molecule has 3 aromatic rings. The second-order valence-corrected chi connectivity index (χ2v) is 7.44. The standard InChI is InChI=1S/C21H24BrN3O/c1-3-4-7-14-25-19-9-6-5-8-18(19)24-20(25)15(2)23-21(26)16-10-12-17(22)13-11-16/h5-6,8-13,15H,3-4,7,14H2,1-2H3,(H,23,26). The normalized spacial score (nSPS) is 12.3. The second-order valence-electron chi connectivity index (χ2n) is 6.52. The lowest BCUT2D eigenvalue weighted by molar-refractivity contribution is 0.0937. The van der Waals surface area contributed by atoms with E-state index in [1.54, 1.807) is 0 Å². The number of fused-ring (bicyclic) bond motifs is 1. The highest BCUT2D eigenvalue weighted by molar-refractivity contribution is 9.10. The number of amides is 1. The first kappa shape index (κ1) is 18.6. The zero-order valence-corrected chi connectivity index (χ0v) is 16.8. The molecule has 2 aromatic carbocycles. The van der Waals surface area contributed by atoms with E-state index in [9.17, 15) is 4.79 Å². The summed E-state index contributed by atoms with van der Waals surface area (Å²) in [7, 11) is 0. The van der Waals surface area contributed by atoms with Gasteiger partial charge in [0.05, 0.1) is 17.1 Å². The molecule has 26 heavy (non-hydrogen) atoms. The number of imidazole rings is 1. The van der Waals surface area contributed by atoms with Crippen LogP contribution in [-0.4, -0.2) is 15.5 Å². The third kappa shape index (κ3) is 4.15. The predicted molar refractivity (Wildman–Crippen MR) is 109 cm³/mol. The number of halogens is 1. The molecule has 0 saturated heterocycles. The lowest BCUT2D eigenvalue weighted by Crippen LogP contribution is -2.28. The van der Waals surface area contributed by atoms with Crippen molar-refractivity contribution in [3.8, 4) is 0 Å². The highest BCUT2D eigenvalue weighted by atomic mass is 79.9. The van der Waals surface area contributed by atoms with Gasteiger partial charge in [-0.1, -0.05) is 47.8 Å². The van der Waals surface area contributed by atoms with E-state index in [4.69, 9.17) is 4.98 Å². The zero-order chi connectivity index (χ0) is 18.5. The fraction of sp³-hybridized carbons (Fsp3) is 0.333. The molecule has 3 rings (SSSR count). The van der Waals surface area contributed by atoms with Crippen LogP contribution in [0.1, 0.15) is 55.3 Å². The Labute approximate surface area is 162 Å². The number of hydrogen-bond acceptors (Lipinski definition) is 2. The Kier molecular flexibility index (Phi) is 6.09. The highest BCUT2D eigenvalue weighted by Gasteiger charge is 2.18. The minimum absolute atomic E-state index is 0.0860. The van der Waals surface area contributed by atoms with Crippen LogP contribution in [0.3, 0.4) is 0 Å². The minimum atomic E-state index is -0.167. The van der Waals surface area contributed by atoms with Crippen molar-refractivity contribution in [2.75, 3.05) is 0 Å². The van der Waals surface area contributed by atoms with Crippen LogP contribution < -0.4 is 5.32 Å². The van der Waals surface area contributed by atoms with Gasteiger partial charge in [0.15, 0.2) is 0 Å². The van der Waals surface area contributed by atoms with Gasteiger partial charge in [0, 0.05) is 16.6 Å². The molecule has 0 bridgehead atoms. The van der Waals surface area contributed by atoms with Gasteiger partial charge in [-0.25, -0.2) is 4.98 Å². The first-order valence-electron chi connectivity index (χ1n) is 9.11. The first-order chi connectivity index (χ1) is 12.6. The summed E-state index contributed by atoms with van der Waals surface area (Å²) in [6, 6.07) is 15.4. The number of hydrogen-bond donors (Lipinski definition) is 1. The Hall–Kier alpha value is -2.14. The summed E-state index contributed by atoms with van der Waals surface area (Å²) in [5.41, 5.74) is 2.75. The molecular formula is C21H24BrN3O. The predicted octanol–water partition coefficient (Wildman–Crippen LogP) is 5.48. The lowest BCUT2D eigenvalue weighted by atomic mass is 10.2. The molecule has 4 nitrogen and oxygen atoms in total. The van der Waals surface area contributed by atoms with Crippen LogP contribution in [-0.2, 0) is 6.54 Å². The monoisotopic (exact) mass is 413 g/mol. The number of benzene rings is 2. The van der Waals surface area contributed by atoms with Crippen LogP contribution in [0, 0.1) is 0 Å². The third-order valence-electron chi connectivity index (χ3n) is 4.51. The van der Waals surface area contributed by atoms with Crippen molar-refractivity contribution < 1.29 is 4.79 Å². The largest absolute Gasteiger partial charge is 0.342 e. The van der Waals surface area contributed by atoms with Gasteiger partial charge in [0.2, 0.25) is 0 Å². The lowest BCUT2D eigenvalue weighted by Gasteiger charge is -2.16. The number of aryl methyl sites for hydroxylation is 1. The molecule has 1 N–H and O–H groups in total. The maximum Gasteiger partial charge on any atom is 0.251 e. The molecule has 1 atom stereocenters. The van der Waals surface area contributed by atoms with Crippen molar-refractivity contribution in [3.63, 3.8) is 0 Å². The van der Waals surface area contributed by atoms with Gasteiger partial charge in [0.25, 0.3) is 5.91 Å². The summed E-state index contributed by atoms with van der Waals surface area (Å²) in [5.74, 6) is 0.824. The van der Waals surface area contributed by atoms with Gasteiger partial charge in [-0.3, -0.25) is 4.79 Å². The highest BCUT2D eigenvalue weighted by Crippen LogP contribution is 2.22. The van der Waals surface area contributed by atoms with Crippen molar-refractivity contribution in [3.05, 3.63) is 64.4 Å². The average Bonchev–Trinajstić information content (AvgIpc) is 3.01. The molecule has 0 aliphatic rings. The summed E-state index contributed by atoms with van der Waals surface area (Å²) >= 11 is 3.40. The summed E-state index contributed by atoms with van der Waals surface area (Å²) in [6.45, 7) is 5.12. The molecule has 1 amide bonds. The number of carbonyl (C=O) groups excluding carboxylic acids is 1. The van der Waals surface area contributed by atoms with Crippen LogP contribution in [0.2, 0.25) is 0 Å². The smallest absolute Gasteiger partial charge is 0.251 e. The van der Waals surface area contributed by atoms with Gasteiger partial charge in [-0.2, -0.15) is 0 Å². The van der Waals surface area contributed by atoms with Crippen molar-refractivity contribution in [1.29, 1.82) is 0 Å². The van der Waals surface area contributed by atoms with E-state index in [1.807, 2.05) is 49.4 Å². The van der Waals surface area contributed by atoms with Crippen LogP contribution in [0.4, 0.5) is 0 Å². The molecule has 0 fully saturated rings. The van der Waals surface area contributed by atoms with E-state index < -0.39 is 0 Å². The summed E-state index contributed by atoms with van der Waals surface area (Å²) in [6.07, 6.45) is 3.47. The zero-order valence-electron chi connectivity index (χ0n) is 15.2. The minimum Gasteiger partial charge on any atom is -0.342 e. The Bertz CT molecular complexity index is 886.